The number of rotatable bonds is 10. The number of allylic oxidation sites excluding steroid dienone is 2. The maximum Gasteiger partial charge on any atom is -0.0322 e. The van der Waals surface area contributed by atoms with Crippen LogP contribution in [0.4, 0.5) is 0 Å². The van der Waals surface area contributed by atoms with Crippen molar-refractivity contribution in [2.24, 2.45) is 23.7 Å². The Kier molecular flexibility index (Phi) is 10.5. The Labute approximate surface area is 116 Å². The maximum atomic E-state index is 2.42. The number of hydrogen-bond donors (Lipinski definition) is 0. The van der Waals surface area contributed by atoms with Gasteiger partial charge in [-0.3, -0.25) is 0 Å². The summed E-state index contributed by atoms with van der Waals surface area (Å²) in [5.74, 6) is 3.50. The van der Waals surface area contributed by atoms with Crippen molar-refractivity contribution in [3.8, 4) is 0 Å². The molecule has 0 fully saturated rings. The molecule has 0 heteroatoms. The van der Waals surface area contributed by atoms with Gasteiger partial charge in [-0.1, -0.05) is 72.5 Å². The molecule has 3 atom stereocenters. The molecule has 0 spiro atoms. The van der Waals surface area contributed by atoms with Gasteiger partial charge in [0.25, 0.3) is 0 Å². The summed E-state index contributed by atoms with van der Waals surface area (Å²) in [6.45, 7) is 14.0. The average Bonchev–Trinajstić information content (AvgIpc) is 2.30. The molecule has 108 valence electrons. The van der Waals surface area contributed by atoms with E-state index in [1.807, 2.05) is 0 Å². The van der Waals surface area contributed by atoms with Gasteiger partial charge in [0.15, 0.2) is 0 Å². The minimum Gasteiger partial charge on any atom is -0.0917 e. The van der Waals surface area contributed by atoms with Crippen LogP contribution in [0.1, 0.15) is 80.1 Å². The molecule has 3 unspecified atom stereocenters. The van der Waals surface area contributed by atoms with Gasteiger partial charge in [0.1, 0.15) is 0 Å². The van der Waals surface area contributed by atoms with Gasteiger partial charge in [-0.15, -0.1) is 0 Å². The van der Waals surface area contributed by atoms with Gasteiger partial charge >= 0.3 is 0 Å². The molecule has 0 N–H and O–H groups in total. The highest BCUT2D eigenvalue weighted by Crippen LogP contribution is 2.23. The Morgan fingerprint density at radius 1 is 0.833 bits per heavy atom. The van der Waals surface area contributed by atoms with Crippen LogP contribution in [-0.4, -0.2) is 0 Å². The fourth-order valence-electron chi connectivity index (χ4n) is 2.75. The zero-order valence-corrected chi connectivity index (χ0v) is 13.7. The quantitative estimate of drug-likeness (QED) is 0.309. The molecule has 0 nitrogen and oxygen atoms in total. The molecule has 0 aromatic carbocycles. The summed E-state index contributed by atoms with van der Waals surface area (Å²) in [5.41, 5.74) is 0. The second kappa shape index (κ2) is 10.6. The van der Waals surface area contributed by atoms with Crippen LogP contribution in [0.2, 0.25) is 0 Å². The van der Waals surface area contributed by atoms with E-state index in [2.05, 4.69) is 53.7 Å². The molecule has 0 aromatic heterocycles. The standard InChI is InChI=1S/C18H36/c1-7-8-12-17(5)18(6)13-10-9-11-16(4)14-15(2)3/h7-8,15-18H,9-14H2,1-6H3. The molecule has 18 heavy (non-hydrogen) atoms. The van der Waals surface area contributed by atoms with Crippen LogP contribution >= 0.6 is 0 Å². The first kappa shape index (κ1) is 17.7. The van der Waals surface area contributed by atoms with Crippen molar-refractivity contribution in [2.75, 3.05) is 0 Å². The van der Waals surface area contributed by atoms with Gasteiger partial charge < -0.3 is 0 Å². The summed E-state index contributed by atoms with van der Waals surface area (Å²) in [4.78, 5) is 0. The second-order valence-electron chi connectivity index (χ2n) is 6.78. The van der Waals surface area contributed by atoms with E-state index >= 15 is 0 Å². The molecular weight excluding hydrogens is 216 g/mol. The van der Waals surface area contributed by atoms with Crippen LogP contribution in [0.3, 0.4) is 0 Å². The van der Waals surface area contributed by atoms with E-state index in [0.717, 1.165) is 23.7 Å². The lowest BCUT2D eigenvalue weighted by Crippen LogP contribution is -2.07. The Bertz CT molecular complexity index is 202. The smallest absolute Gasteiger partial charge is 0.0322 e. The first-order valence-electron chi connectivity index (χ1n) is 8.08. The van der Waals surface area contributed by atoms with Crippen LogP contribution in [0, 0.1) is 23.7 Å². The SMILES string of the molecule is CC=CCC(C)C(C)CCCCC(C)CC(C)C. The zero-order valence-electron chi connectivity index (χ0n) is 13.7. The third-order valence-electron chi connectivity index (χ3n) is 4.20. The largest absolute Gasteiger partial charge is 0.0917 e. The van der Waals surface area contributed by atoms with Crippen molar-refractivity contribution in [2.45, 2.75) is 80.1 Å². The highest BCUT2D eigenvalue weighted by atomic mass is 14.2. The maximum absolute atomic E-state index is 2.42. The average molecular weight is 252 g/mol. The molecule has 0 saturated heterocycles. The van der Waals surface area contributed by atoms with Crippen molar-refractivity contribution < 1.29 is 0 Å². The number of unbranched alkanes of at least 4 members (excludes halogenated alkanes) is 1. The molecule has 0 aromatic rings. The summed E-state index contributed by atoms with van der Waals surface area (Å²) in [6.07, 6.45) is 12.8. The second-order valence-corrected chi connectivity index (χ2v) is 6.78. The van der Waals surface area contributed by atoms with Gasteiger partial charge in [-0.2, -0.15) is 0 Å². The van der Waals surface area contributed by atoms with Crippen molar-refractivity contribution in [3.05, 3.63) is 12.2 Å². The molecule has 0 bridgehead atoms. The Morgan fingerprint density at radius 2 is 1.44 bits per heavy atom. The lowest BCUT2D eigenvalue weighted by molar-refractivity contribution is 0.340. The molecule has 0 amide bonds. The van der Waals surface area contributed by atoms with Crippen molar-refractivity contribution >= 4 is 0 Å². The lowest BCUT2D eigenvalue weighted by Gasteiger charge is -2.19. The third kappa shape index (κ3) is 9.74. The molecule has 0 heterocycles. The zero-order chi connectivity index (χ0) is 14.0. The minimum atomic E-state index is 0.842. The van der Waals surface area contributed by atoms with Crippen molar-refractivity contribution in [1.29, 1.82) is 0 Å². The van der Waals surface area contributed by atoms with Gasteiger partial charge in [-0.25, -0.2) is 0 Å². The van der Waals surface area contributed by atoms with E-state index in [1.54, 1.807) is 0 Å². The molecule has 0 rings (SSSR count). The summed E-state index contributed by atoms with van der Waals surface area (Å²) < 4.78 is 0. The molecule has 0 saturated carbocycles. The molecular formula is C18H36. The van der Waals surface area contributed by atoms with E-state index in [-0.39, 0.29) is 0 Å². The Balaban J connectivity index is 3.58. The monoisotopic (exact) mass is 252 g/mol. The first-order chi connectivity index (χ1) is 8.47. The molecule has 0 aliphatic rings. The topological polar surface area (TPSA) is 0 Å². The van der Waals surface area contributed by atoms with Gasteiger partial charge in [0, 0.05) is 0 Å². The Hall–Kier alpha value is -0.260. The molecule has 0 radical (unpaired) electrons. The van der Waals surface area contributed by atoms with E-state index in [0.29, 0.717) is 0 Å². The van der Waals surface area contributed by atoms with Gasteiger partial charge in [0.2, 0.25) is 0 Å². The van der Waals surface area contributed by atoms with Crippen LogP contribution < -0.4 is 0 Å². The molecule has 0 aliphatic carbocycles. The Morgan fingerprint density at radius 3 is 2.00 bits per heavy atom. The van der Waals surface area contributed by atoms with E-state index in [9.17, 15) is 0 Å². The predicted molar refractivity (Wildman–Crippen MR) is 84.8 cm³/mol. The van der Waals surface area contributed by atoms with E-state index < -0.39 is 0 Å². The normalized spacial score (nSPS) is 17.3. The van der Waals surface area contributed by atoms with Crippen LogP contribution in [-0.2, 0) is 0 Å². The molecule has 0 aliphatic heterocycles. The third-order valence-corrected chi connectivity index (χ3v) is 4.20. The lowest BCUT2D eigenvalue weighted by atomic mass is 9.87. The van der Waals surface area contributed by atoms with Crippen molar-refractivity contribution in [1.82, 2.24) is 0 Å². The van der Waals surface area contributed by atoms with Crippen molar-refractivity contribution in [3.63, 3.8) is 0 Å². The van der Waals surface area contributed by atoms with Crippen LogP contribution in [0.25, 0.3) is 0 Å². The van der Waals surface area contributed by atoms with Gasteiger partial charge in [0.05, 0.1) is 0 Å². The predicted octanol–water partition coefficient (Wildman–Crippen LogP) is 6.47. The van der Waals surface area contributed by atoms with Crippen LogP contribution in [0.5, 0.6) is 0 Å². The summed E-state index contributed by atoms with van der Waals surface area (Å²) in [6, 6.07) is 0. The fraction of sp³-hybridized carbons (Fsp3) is 0.889. The summed E-state index contributed by atoms with van der Waals surface area (Å²) in [5, 5.41) is 0. The van der Waals surface area contributed by atoms with E-state index in [4.69, 9.17) is 0 Å². The van der Waals surface area contributed by atoms with E-state index in [1.165, 1.54) is 38.5 Å². The fourth-order valence-corrected chi connectivity index (χ4v) is 2.75. The highest BCUT2D eigenvalue weighted by molar-refractivity contribution is 4.80. The highest BCUT2D eigenvalue weighted by Gasteiger charge is 2.11. The summed E-state index contributed by atoms with van der Waals surface area (Å²) in [7, 11) is 0. The number of hydrogen-bond acceptors (Lipinski definition) is 0. The summed E-state index contributed by atoms with van der Waals surface area (Å²) >= 11 is 0. The van der Waals surface area contributed by atoms with Gasteiger partial charge in [-0.05, 0) is 43.4 Å². The van der Waals surface area contributed by atoms with Crippen LogP contribution in [0.15, 0.2) is 12.2 Å². The minimum absolute atomic E-state index is 0.842. The first-order valence-corrected chi connectivity index (χ1v) is 8.08.